The van der Waals surface area contributed by atoms with Crippen LogP contribution < -0.4 is 14.2 Å². The Morgan fingerprint density at radius 3 is 2.67 bits per heavy atom. The number of halogens is 1. The molecule has 126 valence electrons. The number of carbonyl (C=O) groups excluding carboxylic acids is 1. The Hall–Kier alpha value is -2.76. The fourth-order valence-electron chi connectivity index (χ4n) is 2.40. The molecule has 0 saturated heterocycles. The molecule has 1 amide bonds. The van der Waals surface area contributed by atoms with Crippen LogP contribution in [0.25, 0.3) is 0 Å². The molecule has 24 heavy (non-hydrogen) atoms. The van der Waals surface area contributed by atoms with Crippen molar-refractivity contribution in [1.82, 2.24) is 4.90 Å². The third kappa shape index (κ3) is 3.76. The fraction of sp³-hybridized carbons (Fsp3) is 0.278. The Bertz CT molecular complexity index is 717. The van der Waals surface area contributed by atoms with Gasteiger partial charge in [0.2, 0.25) is 6.79 Å². The smallest absolute Gasteiger partial charge is 0.260 e. The van der Waals surface area contributed by atoms with Crippen LogP contribution in [-0.4, -0.2) is 30.8 Å². The molecule has 0 atom stereocenters. The van der Waals surface area contributed by atoms with E-state index in [0.717, 1.165) is 5.56 Å². The number of amides is 1. The molecule has 0 radical (unpaired) electrons. The number of hydrogen-bond donors (Lipinski definition) is 0. The van der Waals surface area contributed by atoms with Crippen molar-refractivity contribution in [1.29, 1.82) is 0 Å². The van der Waals surface area contributed by atoms with Gasteiger partial charge in [-0.05, 0) is 48.9 Å². The third-order valence-corrected chi connectivity index (χ3v) is 3.72. The van der Waals surface area contributed by atoms with Crippen LogP contribution in [-0.2, 0) is 11.3 Å². The molecule has 0 spiro atoms. The minimum Gasteiger partial charge on any atom is -0.484 e. The summed E-state index contributed by atoms with van der Waals surface area (Å²) in [5.74, 6) is 1.39. The molecule has 1 aliphatic heterocycles. The van der Waals surface area contributed by atoms with Gasteiger partial charge in [0.25, 0.3) is 5.91 Å². The summed E-state index contributed by atoms with van der Waals surface area (Å²) >= 11 is 0. The minimum atomic E-state index is -0.341. The third-order valence-electron chi connectivity index (χ3n) is 3.72. The number of benzene rings is 2. The van der Waals surface area contributed by atoms with E-state index in [1.165, 1.54) is 24.3 Å². The Balaban J connectivity index is 1.58. The summed E-state index contributed by atoms with van der Waals surface area (Å²) in [6.07, 6.45) is 0. The Labute approximate surface area is 139 Å². The van der Waals surface area contributed by atoms with Gasteiger partial charge in [-0.15, -0.1) is 0 Å². The predicted molar refractivity (Wildman–Crippen MR) is 85.6 cm³/mol. The summed E-state index contributed by atoms with van der Waals surface area (Å²) in [5, 5.41) is 0. The standard InChI is InChI=1S/C18H18FNO4/c1-2-20(10-13-3-8-16-17(9-13)24-12-23-16)18(21)11-22-15-6-4-14(19)5-7-15/h3-9H,2,10-12H2,1H3. The lowest BCUT2D eigenvalue weighted by atomic mass is 10.2. The molecule has 0 N–H and O–H groups in total. The number of nitrogens with zero attached hydrogens (tertiary/aromatic N) is 1. The van der Waals surface area contributed by atoms with Gasteiger partial charge in [-0.2, -0.15) is 0 Å². The molecular formula is C18H18FNO4. The second-order valence-electron chi connectivity index (χ2n) is 5.34. The van der Waals surface area contributed by atoms with Crippen molar-refractivity contribution in [3.05, 3.63) is 53.8 Å². The molecule has 3 rings (SSSR count). The van der Waals surface area contributed by atoms with Crippen LogP contribution in [0.5, 0.6) is 17.2 Å². The van der Waals surface area contributed by atoms with E-state index in [1.54, 1.807) is 4.90 Å². The SMILES string of the molecule is CCN(Cc1ccc2c(c1)OCO2)C(=O)COc1ccc(F)cc1. The topological polar surface area (TPSA) is 48.0 Å². The zero-order chi connectivity index (χ0) is 16.9. The van der Waals surface area contributed by atoms with Crippen LogP contribution in [0.1, 0.15) is 12.5 Å². The van der Waals surface area contributed by atoms with Crippen molar-refractivity contribution >= 4 is 5.91 Å². The average molecular weight is 331 g/mol. The molecule has 0 bridgehead atoms. The van der Waals surface area contributed by atoms with Crippen LogP contribution in [0, 0.1) is 5.82 Å². The van der Waals surface area contributed by atoms with E-state index in [2.05, 4.69) is 0 Å². The predicted octanol–water partition coefficient (Wildman–Crippen LogP) is 2.98. The Kier molecular flexibility index (Phi) is 4.84. The molecule has 2 aromatic carbocycles. The lowest BCUT2D eigenvalue weighted by Crippen LogP contribution is -2.34. The van der Waals surface area contributed by atoms with Gasteiger partial charge >= 0.3 is 0 Å². The van der Waals surface area contributed by atoms with Gasteiger partial charge in [0.15, 0.2) is 18.1 Å². The molecule has 0 unspecified atom stereocenters. The molecule has 1 heterocycles. The number of likely N-dealkylation sites (N-methyl/N-ethyl adjacent to an activating group) is 1. The first kappa shape index (κ1) is 16.1. The van der Waals surface area contributed by atoms with Gasteiger partial charge in [-0.1, -0.05) is 6.07 Å². The first-order valence-electron chi connectivity index (χ1n) is 7.70. The number of carbonyl (C=O) groups is 1. The molecule has 1 aliphatic rings. The van der Waals surface area contributed by atoms with Crippen LogP contribution in [0.3, 0.4) is 0 Å². The summed E-state index contributed by atoms with van der Waals surface area (Å²) in [7, 11) is 0. The lowest BCUT2D eigenvalue weighted by Gasteiger charge is -2.21. The van der Waals surface area contributed by atoms with E-state index in [4.69, 9.17) is 14.2 Å². The van der Waals surface area contributed by atoms with E-state index in [1.807, 2.05) is 25.1 Å². The van der Waals surface area contributed by atoms with Crippen molar-refractivity contribution < 1.29 is 23.4 Å². The highest BCUT2D eigenvalue weighted by atomic mass is 19.1. The zero-order valence-corrected chi connectivity index (χ0v) is 13.3. The molecule has 0 fully saturated rings. The average Bonchev–Trinajstić information content (AvgIpc) is 3.06. The van der Waals surface area contributed by atoms with E-state index in [9.17, 15) is 9.18 Å². The Morgan fingerprint density at radius 1 is 1.17 bits per heavy atom. The normalized spacial score (nSPS) is 12.1. The molecule has 5 nitrogen and oxygen atoms in total. The van der Waals surface area contributed by atoms with Gasteiger partial charge in [0.1, 0.15) is 11.6 Å². The number of rotatable bonds is 6. The second-order valence-corrected chi connectivity index (χ2v) is 5.34. The molecular weight excluding hydrogens is 313 g/mol. The molecule has 0 saturated carbocycles. The zero-order valence-electron chi connectivity index (χ0n) is 13.3. The summed E-state index contributed by atoms with van der Waals surface area (Å²) in [6, 6.07) is 11.2. The summed E-state index contributed by atoms with van der Waals surface area (Å²) in [5.41, 5.74) is 0.955. The van der Waals surface area contributed by atoms with E-state index in [0.29, 0.717) is 30.3 Å². The summed E-state index contributed by atoms with van der Waals surface area (Å²) in [6.45, 7) is 3.05. The first-order chi connectivity index (χ1) is 11.7. The van der Waals surface area contributed by atoms with Gasteiger partial charge in [0, 0.05) is 13.1 Å². The van der Waals surface area contributed by atoms with Crippen LogP contribution in [0.2, 0.25) is 0 Å². The highest BCUT2D eigenvalue weighted by Crippen LogP contribution is 2.32. The van der Waals surface area contributed by atoms with Gasteiger partial charge in [-0.25, -0.2) is 4.39 Å². The van der Waals surface area contributed by atoms with E-state index < -0.39 is 0 Å². The van der Waals surface area contributed by atoms with Crippen LogP contribution >= 0.6 is 0 Å². The van der Waals surface area contributed by atoms with Gasteiger partial charge in [-0.3, -0.25) is 4.79 Å². The van der Waals surface area contributed by atoms with Crippen LogP contribution in [0.15, 0.2) is 42.5 Å². The summed E-state index contributed by atoms with van der Waals surface area (Å²) in [4.78, 5) is 14.0. The van der Waals surface area contributed by atoms with E-state index >= 15 is 0 Å². The van der Waals surface area contributed by atoms with Gasteiger partial charge in [0.05, 0.1) is 0 Å². The molecule has 6 heteroatoms. The highest BCUT2D eigenvalue weighted by Gasteiger charge is 2.17. The minimum absolute atomic E-state index is 0.0932. The molecule has 0 aliphatic carbocycles. The van der Waals surface area contributed by atoms with Crippen molar-refractivity contribution in [3.63, 3.8) is 0 Å². The molecule has 0 aromatic heterocycles. The second kappa shape index (κ2) is 7.21. The number of fused-ring (bicyclic) bond motifs is 1. The maximum absolute atomic E-state index is 12.9. The number of hydrogen-bond acceptors (Lipinski definition) is 4. The van der Waals surface area contributed by atoms with Crippen molar-refractivity contribution in [3.8, 4) is 17.2 Å². The lowest BCUT2D eigenvalue weighted by molar-refractivity contribution is -0.133. The number of ether oxygens (including phenoxy) is 3. The van der Waals surface area contributed by atoms with E-state index in [-0.39, 0.29) is 25.1 Å². The monoisotopic (exact) mass is 331 g/mol. The van der Waals surface area contributed by atoms with Crippen LogP contribution in [0.4, 0.5) is 4.39 Å². The largest absolute Gasteiger partial charge is 0.484 e. The van der Waals surface area contributed by atoms with Crippen molar-refractivity contribution in [2.75, 3.05) is 19.9 Å². The first-order valence-corrected chi connectivity index (χ1v) is 7.70. The quantitative estimate of drug-likeness (QED) is 0.816. The van der Waals surface area contributed by atoms with Crippen molar-refractivity contribution in [2.24, 2.45) is 0 Å². The maximum atomic E-state index is 12.9. The summed E-state index contributed by atoms with van der Waals surface area (Å²) < 4.78 is 28.9. The maximum Gasteiger partial charge on any atom is 0.260 e. The fourth-order valence-corrected chi connectivity index (χ4v) is 2.40. The van der Waals surface area contributed by atoms with Gasteiger partial charge < -0.3 is 19.1 Å². The highest BCUT2D eigenvalue weighted by molar-refractivity contribution is 5.77. The Morgan fingerprint density at radius 2 is 1.92 bits per heavy atom. The molecule has 2 aromatic rings. The van der Waals surface area contributed by atoms with Crippen molar-refractivity contribution in [2.45, 2.75) is 13.5 Å².